The molecule has 0 bridgehead atoms. The van der Waals surface area contributed by atoms with Gasteiger partial charge in [-0.1, -0.05) is 121 Å². The van der Waals surface area contributed by atoms with Gasteiger partial charge in [0, 0.05) is 17.1 Å². The Bertz CT molecular complexity index is 1220. The Morgan fingerprint density at radius 2 is 1.03 bits per heavy atom. The third-order valence-electron chi connectivity index (χ3n) is 5.38. The fourth-order valence-corrected chi connectivity index (χ4v) is 3.72. The summed E-state index contributed by atoms with van der Waals surface area (Å²) < 4.78 is 0. The first-order valence-corrected chi connectivity index (χ1v) is 11.6. The van der Waals surface area contributed by atoms with Crippen LogP contribution in [0.15, 0.2) is 151 Å². The monoisotopic (exact) mass is 439 g/mol. The second-order valence-electron chi connectivity index (χ2n) is 7.87. The second kappa shape index (κ2) is 12.0. The van der Waals surface area contributed by atoms with E-state index in [0.717, 1.165) is 28.2 Å². The SMILES string of the molecule is C\C=C/C(/C=C\c1ccccc1)=C\C=C\c1ccc(N(c2ccccc2)c2ccccc2)cc1. The standard InChI is InChI=1S/C33H29N/c1-2-13-28(22-23-29-14-6-3-7-15-29)16-12-17-30-24-26-33(27-25-30)34(31-18-8-4-9-19-31)32-20-10-5-11-21-32/h2-27H,1H3/b13-2-,17-12+,23-22-,28-16+. The zero-order chi connectivity index (χ0) is 23.4. The normalized spacial score (nSPS) is 12.1. The minimum absolute atomic E-state index is 1.13. The quantitative estimate of drug-likeness (QED) is 0.247. The largest absolute Gasteiger partial charge is 0.311 e. The van der Waals surface area contributed by atoms with Crippen LogP contribution < -0.4 is 4.90 Å². The maximum Gasteiger partial charge on any atom is 0.0462 e. The van der Waals surface area contributed by atoms with Crippen molar-refractivity contribution in [2.75, 3.05) is 4.90 Å². The van der Waals surface area contributed by atoms with Crippen LogP contribution in [0.2, 0.25) is 0 Å². The number of allylic oxidation sites excluding steroid dienone is 6. The molecule has 0 saturated carbocycles. The number of hydrogen-bond acceptors (Lipinski definition) is 1. The topological polar surface area (TPSA) is 3.24 Å². The van der Waals surface area contributed by atoms with Crippen LogP contribution >= 0.6 is 0 Å². The molecule has 0 radical (unpaired) electrons. The third-order valence-corrected chi connectivity index (χ3v) is 5.38. The molecular weight excluding hydrogens is 410 g/mol. The summed E-state index contributed by atoms with van der Waals surface area (Å²) in [5.41, 5.74) is 6.91. The van der Waals surface area contributed by atoms with Gasteiger partial charge in [0.25, 0.3) is 0 Å². The molecule has 0 unspecified atom stereocenters. The van der Waals surface area contributed by atoms with Crippen molar-refractivity contribution in [2.45, 2.75) is 6.92 Å². The van der Waals surface area contributed by atoms with Crippen molar-refractivity contribution in [1.82, 2.24) is 0 Å². The first kappa shape index (κ1) is 22.8. The van der Waals surface area contributed by atoms with E-state index in [1.54, 1.807) is 0 Å². The van der Waals surface area contributed by atoms with Gasteiger partial charge in [0.1, 0.15) is 0 Å². The van der Waals surface area contributed by atoms with Gasteiger partial charge < -0.3 is 4.90 Å². The van der Waals surface area contributed by atoms with Crippen molar-refractivity contribution >= 4 is 29.2 Å². The van der Waals surface area contributed by atoms with Crippen LogP contribution in [0.25, 0.3) is 12.2 Å². The molecule has 0 heterocycles. The minimum atomic E-state index is 1.13. The van der Waals surface area contributed by atoms with E-state index in [1.165, 1.54) is 5.56 Å². The number of para-hydroxylation sites is 2. The Hall–Kier alpha value is -4.36. The highest BCUT2D eigenvalue weighted by atomic mass is 15.1. The first-order chi connectivity index (χ1) is 16.8. The molecule has 0 spiro atoms. The van der Waals surface area contributed by atoms with Crippen LogP contribution in [-0.4, -0.2) is 0 Å². The summed E-state index contributed by atoms with van der Waals surface area (Å²) in [4.78, 5) is 2.27. The Kier molecular flexibility index (Phi) is 8.08. The van der Waals surface area contributed by atoms with Gasteiger partial charge >= 0.3 is 0 Å². The van der Waals surface area contributed by atoms with Gasteiger partial charge in [-0.2, -0.15) is 0 Å². The average molecular weight is 440 g/mol. The lowest BCUT2D eigenvalue weighted by atomic mass is 10.1. The van der Waals surface area contributed by atoms with Crippen molar-refractivity contribution < 1.29 is 0 Å². The number of anilines is 3. The predicted octanol–water partition coefficient (Wildman–Crippen LogP) is 9.39. The Balaban J connectivity index is 1.53. The van der Waals surface area contributed by atoms with Crippen LogP contribution in [0, 0.1) is 0 Å². The molecule has 4 aromatic rings. The van der Waals surface area contributed by atoms with Gasteiger partial charge in [-0.25, -0.2) is 0 Å². The third kappa shape index (κ3) is 6.34. The molecule has 34 heavy (non-hydrogen) atoms. The Morgan fingerprint density at radius 3 is 1.59 bits per heavy atom. The highest BCUT2D eigenvalue weighted by Crippen LogP contribution is 2.34. The predicted molar refractivity (Wildman–Crippen MR) is 149 cm³/mol. The molecule has 0 atom stereocenters. The van der Waals surface area contributed by atoms with Crippen LogP contribution in [0.3, 0.4) is 0 Å². The van der Waals surface area contributed by atoms with E-state index < -0.39 is 0 Å². The Morgan fingerprint density at radius 1 is 0.529 bits per heavy atom. The molecule has 0 fully saturated rings. The van der Waals surface area contributed by atoms with Crippen molar-refractivity contribution in [1.29, 1.82) is 0 Å². The number of hydrogen-bond donors (Lipinski definition) is 0. The molecule has 0 aliphatic heterocycles. The molecule has 1 nitrogen and oxygen atoms in total. The van der Waals surface area contributed by atoms with Crippen molar-refractivity contribution in [2.24, 2.45) is 0 Å². The van der Waals surface area contributed by atoms with Crippen LogP contribution in [-0.2, 0) is 0 Å². The number of benzene rings is 4. The molecule has 0 aromatic heterocycles. The molecule has 0 amide bonds. The smallest absolute Gasteiger partial charge is 0.0462 e. The lowest BCUT2D eigenvalue weighted by molar-refractivity contribution is 1.28. The molecule has 0 saturated heterocycles. The molecule has 0 N–H and O–H groups in total. The van der Waals surface area contributed by atoms with Crippen molar-refractivity contribution in [3.05, 3.63) is 162 Å². The molecule has 166 valence electrons. The van der Waals surface area contributed by atoms with E-state index in [2.05, 4.69) is 144 Å². The summed E-state index contributed by atoms with van der Waals surface area (Å²) in [6, 6.07) is 40.0. The molecule has 1 heteroatoms. The van der Waals surface area contributed by atoms with E-state index in [4.69, 9.17) is 0 Å². The van der Waals surface area contributed by atoms with Gasteiger partial charge in [0.15, 0.2) is 0 Å². The summed E-state index contributed by atoms with van der Waals surface area (Å²) in [6.07, 6.45) is 14.8. The lowest BCUT2D eigenvalue weighted by Crippen LogP contribution is -2.09. The first-order valence-electron chi connectivity index (χ1n) is 11.6. The summed E-state index contributed by atoms with van der Waals surface area (Å²) >= 11 is 0. The van der Waals surface area contributed by atoms with Gasteiger partial charge in [0.2, 0.25) is 0 Å². The van der Waals surface area contributed by atoms with Gasteiger partial charge in [0.05, 0.1) is 0 Å². The second-order valence-corrected chi connectivity index (χ2v) is 7.87. The fraction of sp³-hybridized carbons (Fsp3) is 0.0303. The molecule has 0 aliphatic rings. The number of rotatable bonds is 8. The van der Waals surface area contributed by atoms with Crippen LogP contribution in [0.1, 0.15) is 18.1 Å². The maximum absolute atomic E-state index is 2.27. The van der Waals surface area contributed by atoms with E-state index in [-0.39, 0.29) is 0 Å². The molecular formula is C33H29N. The average Bonchev–Trinajstić information content (AvgIpc) is 2.90. The molecule has 4 rings (SSSR count). The van der Waals surface area contributed by atoms with Crippen molar-refractivity contribution in [3.63, 3.8) is 0 Å². The zero-order valence-electron chi connectivity index (χ0n) is 19.5. The van der Waals surface area contributed by atoms with Crippen LogP contribution in [0.4, 0.5) is 17.1 Å². The van der Waals surface area contributed by atoms with Crippen LogP contribution in [0.5, 0.6) is 0 Å². The summed E-state index contributed by atoms with van der Waals surface area (Å²) in [7, 11) is 0. The van der Waals surface area contributed by atoms with E-state index >= 15 is 0 Å². The molecule has 4 aromatic carbocycles. The lowest BCUT2D eigenvalue weighted by Gasteiger charge is -2.25. The van der Waals surface area contributed by atoms with Gasteiger partial charge in [-0.15, -0.1) is 0 Å². The molecule has 0 aliphatic carbocycles. The summed E-state index contributed by atoms with van der Waals surface area (Å²) in [5, 5.41) is 0. The summed E-state index contributed by atoms with van der Waals surface area (Å²) in [5.74, 6) is 0. The minimum Gasteiger partial charge on any atom is -0.311 e. The van der Waals surface area contributed by atoms with Crippen molar-refractivity contribution in [3.8, 4) is 0 Å². The van der Waals surface area contributed by atoms with E-state index in [1.807, 2.05) is 25.1 Å². The number of nitrogens with zero attached hydrogens (tertiary/aromatic N) is 1. The maximum atomic E-state index is 2.27. The Labute approximate surface area is 203 Å². The summed E-state index contributed by atoms with van der Waals surface area (Å²) in [6.45, 7) is 2.04. The fourth-order valence-electron chi connectivity index (χ4n) is 3.72. The van der Waals surface area contributed by atoms with E-state index in [9.17, 15) is 0 Å². The zero-order valence-corrected chi connectivity index (χ0v) is 19.5. The highest BCUT2D eigenvalue weighted by molar-refractivity contribution is 5.77. The van der Waals surface area contributed by atoms with Gasteiger partial charge in [-0.3, -0.25) is 0 Å². The van der Waals surface area contributed by atoms with Gasteiger partial charge in [-0.05, 0) is 60.0 Å². The highest BCUT2D eigenvalue weighted by Gasteiger charge is 2.11. The van der Waals surface area contributed by atoms with E-state index in [0.29, 0.717) is 0 Å².